The Morgan fingerprint density at radius 1 is 1.35 bits per heavy atom. The highest BCUT2D eigenvalue weighted by atomic mass is 35.5. The number of nitrogens with zero attached hydrogens (tertiary/aromatic N) is 3. The van der Waals surface area contributed by atoms with Gasteiger partial charge in [-0.05, 0) is 18.2 Å². The zero-order chi connectivity index (χ0) is 16.0. The molecule has 1 aromatic carbocycles. The first-order valence-electron chi connectivity index (χ1n) is 7.21. The largest absolute Gasteiger partial charge is 0.394 e. The monoisotopic (exact) mass is 349 g/mol. The van der Waals surface area contributed by atoms with Crippen LogP contribution in [0, 0.1) is 5.82 Å². The molecule has 0 bridgehead atoms. The molecule has 0 saturated carbocycles. The number of aliphatic hydroxyl groups is 1. The second-order valence-corrected chi connectivity index (χ2v) is 7.07. The van der Waals surface area contributed by atoms with Gasteiger partial charge >= 0.3 is 0 Å². The Labute approximate surface area is 141 Å². The number of thiophene rings is 1. The minimum absolute atomic E-state index is 0.00166. The summed E-state index contributed by atoms with van der Waals surface area (Å²) in [5.74, 6) is 0.479. The van der Waals surface area contributed by atoms with Crippen LogP contribution in [0.4, 0.5) is 9.39 Å². The second-order valence-electron chi connectivity index (χ2n) is 5.41. The lowest BCUT2D eigenvalue weighted by Gasteiger charge is -2.18. The average molecular weight is 350 g/mol. The van der Waals surface area contributed by atoms with Crippen molar-refractivity contribution < 1.29 is 9.50 Å². The molecule has 1 atom stereocenters. The van der Waals surface area contributed by atoms with Crippen molar-refractivity contribution in [2.45, 2.75) is 6.04 Å². The second kappa shape index (κ2) is 5.70. The first kappa shape index (κ1) is 14.8. The van der Waals surface area contributed by atoms with Crippen molar-refractivity contribution in [2.24, 2.45) is 9.98 Å². The first-order chi connectivity index (χ1) is 11.2. The Morgan fingerprint density at radius 2 is 2.17 bits per heavy atom. The Balaban J connectivity index is 1.88. The van der Waals surface area contributed by atoms with Gasteiger partial charge in [-0.25, -0.2) is 4.39 Å². The van der Waals surface area contributed by atoms with Gasteiger partial charge in [0.1, 0.15) is 16.7 Å². The smallest absolute Gasteiger partial charge is 0.132 e. The molecule has 0 amide bonds. The third-order valence-electron chi connectivity index (χ3n) is 3.94. The molecule has 2 aliphatic heterocycles. The summed E-state index contributed by atoms with van der Waals surface area (Å²) in [4.78, 5) is 11.1. The lowest BCUT2D eigenvalue weighted by atomic mass is 10.0. The summed E-state index contributed by atoms with van der Waals surface area (Å²) in [7, 11) is 0. The quantitative estimate of drug-likeness (QED) is 0.906. The van der Waals surface area contributed by atoms with Crippen LogP contribution in [0.3, 0.4) is 0 Å². The zero-order valence-corrected chi connectivity index (χ0v) is 13.6. The number of hydrogen-bond acceptors (Lipinski definition) is 5. The number of aliphatic hydroxyl groups excluding tert-OH is 1. The average Bonchev–Trinajstić information content (AvgIpc) is 3.10. The maximum atomic E-state index is 14.2. The van der Waals surface area contributed by atoms with Crippen molar-refractivity contribution in [3.63, 3.8) is 0 Å². The van der Waals surface area contributed by atoms with Crippen molar-refractivity contribution >= 4 is 39.5 Å². The number of rotatable bonds is 2. The van der Waals surface area contributed by atoms with E-state index in [0.29, 0.717) is 28.7 Å². The van der Waals surface area contributed by atoms with Crippen LogP contribution in [0.25, 0.3) is 0 Å². The van der Waals surface area contributed by atoms with E-state index >= 15 is 0 Å². The summed E-state index contributed by atoms with van der Waals surface area (Å²) in [5, 5.41) is 10.3. The zero-order valence-electron chi connectivity index (χ0n) is 12.0. The molecule has 1 N–H and O–H groups in total. The molecule has 23 heavy (non-hydrogen) atoms. The maximum Gasteiger partial charge on any atom is 0.132 e. The predicted octanol–water partition coefficient (Wildman–Crippen LogP) is 2.97. The van der Waals surface area contributed by atoms with Gasteiger partial charge in [-0.3, -0.25) is 9.98 Å². The molecule has 1 unspecified atom stereocenters. The van der Waals surface area contributed by atoms with E-state index in [2.05, 4.69) is 9.98 Å². The van der Waals surface area contributed by atoms with Gasteiger partial charge in [0.15, 0.2) is 0 Å². The summed E-state index contributed by atoms with van der Waals surface area (Å²) in [6.07, 6.45) is 0. The standard InChI is InChI=1S/C16H13ClFN3OS/c17-13-5-11-15(10-3-1-2-4-12(10)18)19-6-14-20-9(8-22)7-21(14)16(11)23-13/h1-5,9,22H,6-8H2. The number of hydrogen-bond donors (Lipinski definition) is 1. The third-order valence-corrected chi connectivity index (χ3v) is 5.22. The summed E-state index contributed by atoms with van der Waals surface area (Å²) >= 11 is 7.63. The van der Waals surface area contributed by atoms with E-state index in [9.17, 15) is 9.50 Å². The van der Waals surface area contributed by atoms with E-state index in [0.717, 1.165) is 16.4 Å². The van der Waals surface area contributed by atoms with Crippen LogP contribution < -0.4 is 4.90 Å². The summed E-state index contributed by atoms with van der Waals surface area (Å²) < 4.78 is 14.8. The van der Waals surface area contributed by atoms with E-state index in [1.165, 1.54) is 17.4 Å². The van der Waals surface area contributed by atoms with Crippen molar-refractivity contribution in [3.8, 4) is 0 Å². The third kappa shape index (κ3) is 2.47. The van der Waals surface area contributed by atoms with E-state index in [4.69, 9.17) is 11.6 Å². The summed E-state index contributed by atoms with van der Waals surface area (Å²) in [5.41, 5.74) is 1.87. The molecule has 1 aromatic heterocycles. The molecule has 7 heteroatoms. The van der Waals surface area contributed by atoms with Crippen LogP contribution in [0.15, 0.2) is 40.3 Å². The van der Waals surface area contributed by atoms with Crippen LogP contribution in [0.1, 0.15) is 11.1 Å². The Morgan fingerprint density at radius 3 is 2.96 bits per heavy atom. The molecule has 0 radical (unpaired) electrons. The van der Waals surface area contributed by atoms with E-state index in [1.54, 1.807) is 18.2 Å². The maximum absolute atomic E-state index is 14.2. The number of aliphatic imine (C=N–C) groups is 2. The molecule has 0 fully saturated rings. The minimum atomic E-state index is -0.309. The van der Waals surface area contributed by atoms with E-state index in [1.807, 2.05) is 11.0 Å². The van der Waals surface area contributed by atoms with Crippen LogP contribution in [-0.2, 0) is 0 Å². The molecule has 4 rings (SSSR count). The normalized spacial score (nSPS) is 19.8. The van der Waals surface area contributed by atoms with E-state index in [-0.39, 0.29) is 18.5 Å². The Kier molecular flexibility index (Phi) is 3.67. The van der Waals surface area contributed by atoms with Crippen molar-refractivity contribution in [2.75, 3.05) is 24.6 Å². The Hall–Kier alpha value is -1.76. The molecule has 0 aliphatic carbocycles. The fourth-order valence-corrected chi connectivity index (χ4v) is 4.15. The van der Waals surface area contributed by atoms with Gasteiger partial charge in [-0.1, -0.05) is 23.7 Å². The number of amidine groups is 1. The molecule has 3 heterocycles. The summed E-state index contributed by atoms with van der Waals surface area (Å²) in [6, 6.07) is 8.27. The Bertz CT molecular complexity index is 832. The molecular weight excluding hydrogens is 337 g/mol. The molecule has 2 aliphatic rings. The van der Waals surface area contributed by atoms with Gasteiger partial charge in [-0.2, -0.15) is 0 Å². The van der Waals surface area contributed by atoms with Crippen LogP contribution in [0.2, 0.25) is 4.34 Å². The molecular formula is C16H13ClFN3OS. The van der Waals surface area contributed by atoms with Gasteiger partial charge in [-0.15, -0.1) is 11.3 Å². The van der Waals surface area contributed by atoms with Gasteiger partial charge < -0.3 is 10.0 Å². The van der Waals surface area contributed by atoms with Gasteiger partial charge in [0.05, 0.1) is 29.2 Å². The fourth-order valence-electron chi connectivity index (χ4n) is 2.90. The van der Waals surface area contributed by atoms with Gasteiger partial charge in [0.25, 0.3) is 0 Å². The van der Waals surface area contributed by atoms with E-state index < -0.39 is 0 Å². The highest BCUT2D eigenvalue weighted by Crippen LogP contribution is 2.39. The molecule has 0 saturated heterocycles. The summed E-state index contributed by atoms with van der Waals surface area (Å²) in [6.45, 7) is 0.952. The number of fused-ring (bicyclic) bond motifs is 3. The van der Waals surface area contributed by atoms with Gasteiger partial charge in [0.2, 0.25) is 0 Å². The van der Waals surface area contributed by atoms with Crippen molar-refractivity contribution in [1.82, 2.24) is 0 Å². The lowest BCUT2D eigenvalue weighted by molar-refractivity contribution is 0.273. The number of benzene rings is 1. The lowest BCUT2D eigenvalue weighted by Crippen LogP contribution is -2.30. The van der Waals surface area contributed by atoms with Crippen LogP contribution in [0.5, 0.6) is 0 Å². The topological polar surface area (TPSA) is 48.2 Å². The highest BCUT2D eigenvalue weighted by molar-refractivity contribution is 7.20. The van der Waals surface area contributed by atoms with Crippen LogP contribution >= 0.6 is 22.9 Å². The molecule has 118 valence electrons. The highest BCUT2D eigenvalue weighted by Gasteiger charge is 2.32. The number of anilines is 1. The fraction of sp³-hybridized carbons (Fsp3) is 0.250. The SMILES string of the molecule is OCC1CN2C(=N1)CN=C(c1ccccc1F)c1cc(Cl)sc12. The molecule has 2 aromatic rings. The van der Waals surface area contributed by atoms with Crippen molar-refractivity contribution in [1.29, 1.82) is 0 Å². The van der Waals surface area contributed by atoms with Gasteiger partial charge in [0, 0.05) is 17.7 Å². The van der Waals surface area contributed by atoms with Crippen molar-refractivity contribution in [3.05, 3.63) is 51.6 Å². The molecule has 0 spiro atoms. The molecule has 4 nitrogen and oxygen atoms in total. The minimum Gasteiger partial charge on any atom is -0.394 e. The number of halogens is 2. The predicted molar refractivity (Wildman–Crippen MR) is 91.9 cm³/mol. The first-order valence-corrected chi connectivity index (χ1v) is 8.41. The van der Waals surface area contributed by atoms with Crippen LogP contribution in [-0.4, -0.2) is 42.4 Å².